The fourth-order valence-corrected chi connectivity index (χ4v) is 1.98. The number of aromatic nitrogens is 1. The topological polar surface area (TPSA) is 34.1 Å². The van der Waals surface area contributed by atoms with E-state index in [2.05, 4.69) is 17.2 Å². The lowest BCUT2D eigenvalue weighted by atomic mass is 10.3. The minimum Gasteiger partial charge on any atom is -0.380 e. The zero-order valence-corrected chi connectivity index (χ0v) is 9.86. The molecular weight excluding hydrogens is 196 g/mol. The van der Waals surface area contributed by atoms with Crippen LogP contribution in [0.3, 0.4) is 0 Å². The van der Waals surface area contributed by atoms with Crippen LogP contribution in [0.2, 0.25) is 0 Å². The maximum Gasteiger partial charge on any atom is 0.0897 e. The van der Waals surface area contributed by atoms with Crippen molar-refractivity contribution in [2.24, 2.45) is 0 Å². The predicted octanol–water partition coefficient (Wildman–Crippen LogP) is 2.14. The van der Waals surface area contributed by atoms with E-state index in [9.17, 15) is 0 Å². The highest BCUT2D eigenvalue weighted by atomic mass is 32.1. The number of thiazole rings is 1. The Morgan fingerprint density at radius 2 is 2.43 bits per heavy atom. The number of hydrogen-bond acceptors (Lipinski definition) is 4. The Bertz CT molecular complexity index is 262. The SMILES string of the molecule is CCOCCNC(C)c1cnc(C)s1. The van der Waals surface area contributed by atoms with Crippen molar-refractivity contribution >= 4 is 11.3 Å². The van der Waals surface area contributed by atoms with Crippen LogP contribution in [0.1, 0.15) is 29.8 Å². The Morgan fingerprint density at radius 1 is 1.64 bits per heavy atom. The average Bonchev–Trinajstić information content (AvgIpc) is 2.59. The van der Waals surface area contributed by atoms with Crippen molar-refractivity contribution in [2.45, 2.75) is 26.8 Å². The van der Waals surface area contributed by atoms with Crippen LogP contribution in [0.15, 0.2) is 6.20 Å². The number of ether oxygens (including phenoxy) is 1. The lowest BCUT2D eigenvalue weighted by molar-refractivity contribution is 0.147. The van der Waals surface area contributed by atoms with Crippen molar-refractivity contribution in [3.8, 4) is 0 Å². The summed E-state index contributed by atoms with van der Waals surface area (Å²) in [5, 5.41) is 4.52. The molecular formula is C10H18N2OS. The first-order valence-electron chi connectivity index (χ1n) is 4.97. The summed E-state index contributed by atoms with van der Waals surface area (Å²) < 4.78 is 5.25. The van der Waals surface area contributed by atoms with Gasteiger partial charge in [0, 0.05) is 30.3 Å². The molecule has 0 saturated carbocycles. The Balaban J connectivity index is 2.25. The summed E-state index contributed by atoms with van der Waals surface area (Å²) >= 11 is 1.75. The van der Waals surface area contributed by atoms with Gasteiger partial charge in [-0.3, -0.25) is 0 Å². The third-order valence-electron chi connectivity index (χ3n) is 1.97. The third kappa shape index (κ3) is 3.74. The number of nitrogens with one attached hydrogen (secondary N) is 1. The van der Waals surface area contributed by atoms with Crippen LogP contribution in [0.5, 0.6) is 0 Å². The molecule has 3 nitrogen and oxygen atoms in total. The molecule has 1 atom stereocenters. The largest absolute Gasteiger partial charge is 0.380 e. The molecule has 0 saturated heterocycles. The molecule has 0 aromatic carbocycles. The van der Waals surface area contributed by atoms with Crippen molar-refractivity contribution in [3.05, 3.63) is 16.1 Å². The smallest absolute Gasteiger partial charge is 0.0897 e. The molecule has 0 bridgehead atoms. The van der Waals surface area contributed by atoms with E-state index in [4.69, 9.17) is 4.74 Å². The first-order chi connectivity index (χ1) is 6.74. The maximum atomic E-state index is 5.25. The van der Waals surface area contributed by atoms with Crippen LogP contribution < -0.4 is 5.32 Å². The van der Waals surface area contributed by atoms with E-state index in [1.165, 1.54) is 4.88 Å². The molecule has 1 rings (SSSR count). The second kappa shape index (κ2) is 6.11. The molecule has 1 N–H and O–H groups in total. The summed E-state index contributed by atoms with van der Waals surface area (Å²) in [6.45, 7) is 8.65. The summed E-state index contributed by atoms with van der Waals surface area (Å²) in [7, 11) is 0. The fourth-order valence-electron chi connectivity index (χ4n) is 1.17. The number of aryl methyl sites for hydroxylation is 1. The van der Waals surface area contributed by atoms with E-state index in [0.717, 1.165) is 24.8 Å². The quantitative estimate of drug-likeness (QED) is 0.737. The van der Waals surface area contributed by atoms with Gasteiger partial charge in [0.2, 0.25) is 0 Å². The third-order valence-corrected chi connectivity index (χ3v) is 3.06. The molecule has 1 aromatic rings. The van der Waals surface area contributed by atoms with E-state index < -0.39 is 0 Å². The highest BCUT2D eigenvalue weighted by Crippen LogP contribution is 2.19. The molecule has 0 aliphatic heterocycles. The Hall–Kier alpha value is -0.450. The molecule has 0 aliphatic carbocycles. The summed E-state index contributed by atoms with van der Waals surface area (Å²) in [4.78, 5) is 5.52. The first-order valence-corrected chi connectivity index (χ1v) is 5.79. The van der Waals surface area contributed by atoms with E-state index in [0.29, 0.717) is 6.04 Å². The average molecular weight is 214 g/mol. The van der Waals surface area contributed by atoms with E-state index >= 15 is 0 Å². The van der Waals surface area contributed by atoms with Crippen LogP contribution in [-0.2, 0) is 4.74 Å². The molecule has 1 unspecified atom stereocenters. The predicted molar refractivity (Wildman–Crippen MR) is 59.8 cm³/mol. The number of nitrogens with zero attached hydrogens (tertiary/aromatic N) is 1. The van der Waals surface area contributed by atoms with Gasteiger partial charge in [-0.15, -0.1) is 11.3 Å². The van der Waals surface area contributed by atoms with Crippen LogP contribution >= 0.6 is 11.3 Å². The van der Waals surface area contributed by atoms with E-state index in [1.807, 2.05) is 20.0 Å². The molecule has 0 amide bonds. The second-order valence-electron chi connectivity index (χ2n) is 3.15. The Morgan fingerprint density at radius 3 is 3.00 bits per heavy atom. The highest BCUT2D eigenvalue weighted by Gasteiger charge is 2.06. The van der Waals surface area contributed by atoms with Crippen LogP contribution in [-0.4, -0.2) is 24.7 Å². The minimum absolute atomic E-state index is 0.377. The van der Waals surface area contributed by atoms with Crippen molar-refractivity contribution in [3.63, 3.8) is 0 Å². The lowest BCUT2D eigenvalue weighted by Crippen LogP contribution is -2.22. The van der Waals surface area contributed by atoms with Crippen molar-refractivity contribution in [2.75, 3.05) is 19.8 Å². The minimum atomic E-state index is 0.377. The fraction of sp³-hybridized carbons (Fsp3) is 0.700. The first kappa shape index (κ1) is 11.6. The number of rotatable bonds is 6. The lowest BCUT2D eigenvalue weighted by Gasteiger charge is -2.10. The normalized spacial score (nSPS) is 13.1. The second-order valence-corrected chi connectivity index (χ2v) is 4.42. The number of hydrogen-bond donors (Lipinski definition) is 1. The van der Waals surface area contributed by atoms with Gasteiger partial charge >= 0.3 is 0 Å². The van der Waals surface area contributed by atoms with Gasteiger partial charge in [-0.1, -0.05) is 0 Å². The van der Waals surface area contributed by atoms with Gasteiger partial charge in [0.25, 0.3) is 0 Å². The van der Waals surface area contributed by atoms with Crippen LogP contribution in [0.25, 0.3) is 0 Å². The monoisotopic (exact) mass is 214 g/mol. The summed E-state index contributed by atoms with van der Waals surface area (Å²) in [5.74, 6) is 0. The Kier molecular flexibility index (Phi) is 5.07. The molecule has 1 heterocycles. The molecule has 14 heavy (non-hydrogen) atoms. The molecule has 0 radical (unpaired) electrons. The molecule has 1 aromatic heterocycles. The molecule has 0 fully saturated rings. The van der Waals surface area contributed by atoms with Gasteiger partial charge in [0.05, 0.1) is 11.6 Å². The van der Waals surface area contributed by atoms with Gasteiger partial charge in [-0.25, -0.2) is 4.98 Å². The van der Waals surface area contributed by atoms with Crippen molar-refractivity contribution < 1.29 is 4.74 Å². The van der Waals surface area contributed by atoms with Gasteiger partial charge in [-0.2, -0.15) is 0 Å². The van der Waals surface area contributed by atoms with Gasteiger partial charge in [0.1, 0.15) is 0 Å². The van der Waals surface area contributed by atoms with Crippen LogP contribution in [0, 0.1) is 6.92 Å². The molecule has 0 aliphatic rings. The van der Waals surface area contributed by atoms with Crippen molar-refractivity contribution in [1.29, 1.82) is 0 Å². The zero-order chi connectivity index (χ0) is 10.4. The summed E-state index contributed by atoms with van der Waals surface area (Å²) in [6, 6.07) is 0.377. The van der Waals surface area contributed by atoms with Crippen molar-refractivity contribution in [1.82, 2.24) is 10.3 Å². The van der Waals surface area contributed by atoms with Gasteiger partial charge in [-0.05, 0) is 20.8 Å². The summed E-state index contributed by atoms with van der Waals surface area (Å²) in [5.41, 5.74) is 0. The van der Waals surface area contributed by atoms with Crippen LogP contribution in [0.4, 0.5) is 0 Å². The molecule has 80 valence electrons. The van der Waals surface area contributed by atoms with E-state index in [1.54, 1.807) is 11.3 Å². The Labute approximate surface area is 89.5 Å². The van der Waals surface area contributed by atoms with E-state index in [-0.39, 0.29) is 0 Å². The summed E-state index contributed by atoms with van der Waals surface area (Å²) in [6.07, 6.45) is 1.94. The van der Waals surface area contributed by atoms with Gasteiger partial charge < -0.3 is 10.1 Å². The zero-order valence-electron chi connectivity index (χ0n) is 9.04. The highest BCUT2D eigenvalue weighted by molar-refractivity contribution is 7.11. The molecule has 4 heteroatoms. The van der Waals surface area contributed by atoms with Gasteiger partial charge in [0.15, 0.2) is 0 Å². The maximum absolute atomic E-state index is 5.25. The molecule has 0 spiro atoms. The standard InChI is InChI=1S/C10H18N2OS/c1-4-13-6-5-11-8(2)10-7-12-9(3)14-10/h7-8,11H,4-6H2,1-3H3.